The molecule has 4 saturated carbocycles. The second kappa shape index (κ2) is 4.78. The number of hydrogen-bond donors (Lipinski definition) is 1. The molecule has 5 rings (SSSR count). The van der Waals surface area contributed by atoms with Crippen molar-refractivity contribution >= 4 is 0 Å². The van der Waals surface area contributed by atoms with Crippen LogP contribution in [0.25, 0.3) is 0 Å². The number of aliphatic hydroxyl groups excluding tert-OH is 1. The summed E-state index contributed by atoms with van der Waals surface area (Å²) in [7, 11) is 1.60. The minimum Gasteiger partial charge on any atom is -0.367 e. The zero-order valence-electron chi connectivity index (χ0n) is 12.7. The van der Waals surface area contributed by atoms with Gasteiger partial charge in [0.15, 0.2) is 12.1 Å². The van der Waals surface area contributed by atoms with Gasteiger partial charge in [0.1, 0.15) is 0 Å². The average Bonchev–Trinajstić information content (AvgIpc) is 3.22. The molecule has 2 bridgehead atoms. The van der Waals surface area contributed by atoms with Crippen LogP contribution in [-0.2, 0) is 16.6 Å². The first kappa shape index (κ1) is 13.7. The number of fused-ring (bicyclic) bond motifs is 3. The Morgan fingerprint density at radius 1 is 1.24 bits per heavy atom. The largest absolute Gasteiger partial charge is 0.367 e. The highest BCUT2D eigenvalue weighted by Gasteiger charge is 2.55. The molecule has 0 radical (unpaired) electrons. The van der Waals surface area contributed by atoms with Crippen molar-refractivity contribution < 1.29 is 14.4 Å². The van der Waals surface area contributed by atoms with Crippen LogP contribution in [0.3, 0.4) is 0 Å². The van der Waals surface area contributed by atoms with Gasteiger partial charge in [-0.25, -0.2) is 0 Å². The molecule has 4 aliphatic rings. The molecule has 0 saturated heterocycles. The van der Waals surface area contributed by atoms with Gasteiger partial charge in [-0.05, 0) is 57.3 Å². The van der Waals surface area contributed by atoms with Gasteiger partial charge in [-0.15, -0.1) is 0 Å². The van der Waals surface area contributed by atoms with Gasteiger partial charge in [0.25, 0.3) is 0 Å². The van der Waals surface area contributed by atoms with Crippen LogP contribution in [0, 0.1) is 11.3 Å². The fraction of sp³-hybridized carbons (Fsp3) is 0.875. The third kappa shape index (κ3) is 2.21. The van der Waals surface area contributed by atoms with Gasteiger partial charge in [-0.2, -0.15) is 4.98 Å². The number of nitrogens with zero attached hydrogens (tertiary/aromatic N) is 2. The molecule has 4 fully saturated rings. The summed E-state index contributed by atoms with van der Waals surface area (Å²) in [5.41, 5.74) is 0.0113. The van der Waals surface area contributed by atoms with Gasteiger partial charge in [0.2, 0.25) is 5.89 Å². The van der Waals surface area contributed by atoms with E-state index in [1.165, 1.54) is 12.8 Å². The third-order valence-electron chi connectivity index (χ3n) is 6.14. The van der Waals surface area contributed by atoms with Gasteiger partial charge >= 0.3 is 0 Å². The van der Waals surface area contributed by atoms with E-state index < -0.39 is 6.29 Å². The molecule has 0 aliphatic heterocycles. The second-order valence-electron chi connectivity index (χ2n) is 7.39. The van der Waals surface area contributed by atoms with Crippen molar-refractivity contribution in [2.75, 3.05) is 7.11 Å². The molecular formula is C16H24N2O3. The first-order valence-electron chi connectivity index (χ1n) is 8.20. The minimum absolute atomic E-state index is 0.0482. The number of methoxy groups -OCH3 is 1. The van der Waals surface area contributed by atoms with Crippen molar-refractivity contribution in [2.45, 2.75) is 69.5 Å². The molecule has 5 nitrogen and oxygen atoms in total. The quantitative estimate of drug-likeness (QED) is 0.845. The standard InChI is InChI=1S/C16H24N2O3/c1-20-14(19)16-7-4-15(5-8-16,6-9-16)13-17-12(18-21-13)10-11-2-3-11/h11,14,19H,2-10H2,1H3. The van der Waals surface area contributed by atoms with E-state index in [0.29, 0.717) is 0 Å². The second-order valence-corrected chi connectivity index (χ2v) is 7.39. The van der Waals surface area contributed by atoms with E-state index in [4.69, 9.17) is 14.2 Å². The molecule has 116 valence electrons. The van der Waals surface area contributed by atoms with Crippen LogP contribution in [0.1, 0.15) is 63.1 Å². The normalized spacial score (nSPS) is 36.9. The summed E-state index contributed by atoms with van der Waals surface area (Å²) in [5.74, 6) is 2.52. The van der Waals surface area contributed by atoms with Gasteiger partial charge in [0.05, 0.1) is 0 Å². The van der Waals surface area contributed by atoms with Crippen LogP contribution in [0.5, 0.6) is 0 Å². The molecule has 1 aromatic heterocycles. The number of hydrogen-bond acceptors (Lipinski definition) is 5. The Balaban J connectivity index is 1.50. The Kier molecular flexibility index (Phi) is 3.12. The minimum atomic E-state index is -0.635. The molecule has 1 aromatic rings. The lowest BCUT2D eigenvalue weighted by Gasteiger charge is -2.52. The van der Waals surface area contributed by atoms with E-state index in [1.807, 2.05) is 0 Å². The maximum atomic E-state index is 10.1. The summed E-state index contributed by atoms with van der Waals surface area (Å²) in [6.45, 7) is 0. The monoisotopic (exact) mass is 292 g/mol. The maximum Gasteiger partial charge on any atom is 0.232 e. The Hall–Kier alpha value is -0.940. The molecule has 1 atom stereocenters. The van der Waals surface area contributed by atoms with Crippen LogP contribution in [0.2, 0.25) is 0 Å². The van der Waals surface area contributed by atoms with Gasteiger partial charge < -0.3 is 14.4 Å². The molecular weight excluding hydrogens is 268 g/mol. The first-order chi connectivity index (χ1) is 10.2. The molecule has 1 heterocycles. The van der Waals surface area contributed by atoms with Crippen LogP contribution in [0.15, 0.2) is 4.52 Å². The Morgan fingerprint density at radius 2 is 1.90 bits per heavy atom. The van der Waals surface area contributed by atoms with E-state index in [9.17, 15) is 5.11 Å². The SMILES string of the molecule is COC(O)C12CCC(c3nc(CC4CC4)no3)(CC1)CC2. The Labute approximate surface area is 125 Å². The zero-order valence-corrected chi connectivity index (χ0v) is 12.7. The topological polar surface area (TPSA) is 68.4 Å². The highest BCUT2D eigenvalue weighted by atomic mass is 16.6. The third-order valence-corrected chi connectivity index (χ3v) is 6.14. The number of aromatic nitrogens is 2. The summed E-state index contributed by atoms with van der Waals surface area (Å²) < 4.78 is 10.8. The highest BCUT2D eigenvalue weighted by molar-refractivity contribution is 5.14. The molecule has 1 unspecified atom stereocenters. The number of rotatable bonds is 5. The van der Waals surface area contributed by atoms with Crippen LogP contribution in [-0.4, -0.2) is 28.6 Å². The molecule has 4 aliphatic carbocycles. The first-order valence-corrected chi connectivity index (χ1v) is 8.20. The van der Waals surface area contributed by atoms with E-state index in [-0.39, 0.29) is 10.8 Å². The van der Waals surface area contributed by atoms with Crippen molar-refractivity contribution in [1.29, 1.82) is 0 Å². The molecule has 5 heteroatoms. The number of aliphatic hydroxyl groups is 1. The molecule has 0 spiro atoms. The van der Waals surface area contributed by atoms with E-state index >= 15 is 0 Å². The lowest BCUT2D eigenvalue weighted by atomic mass is 9.53. The smallest absolute Gasteiger partial charge is 0.232 e. The van der Waals surface area contributed by atoms with E-state index in [0.717, 1.165) is 62.6 Å². The fourth-order valence-corrected chi connectivity index (χ4v) is 4.29. The van der Waals surface area contributed by atoms with Gasteiger partial charge in [-0.3, -0.25) is 0 Å². The van der Waals surface area contributed by atoms with Crippen LogP contribution in [0.4, 0.5) is 0 Å². The average molecular weight is 292 g/mol. The molecule has 21 heavy (non-hydrogen) atoms. The Morgan fingerprint density at radius 3 is 2.48 bits per heavy atom. The van der Waals surface area contributed by atoms with Crippen LogP contribution >= 0.6 is 0 Å². The van der Waals surface area contributed by atoms with Gasteiger partial charge in [0, 0.05) is 24.4 Å². The maximum absolute atomic E-state index is 10.1. The number of ether oxygens (including phenoxy) is 1. The molecule has 1 N–H and O–H groups in total. The summed E-state index contributed by atoms with van der Waals surface area (Å²) in [5, 5.41) is 14.3. The van der Waals surface area contributed by atoms with Crippen molar-refractivity contribution in [2.24, 2.45) is 11.3 Å². The summed E-state index contributed by atoms with van der Waals surface area (Å²) in [6.07, 6.45) is 9.01. The lowest BCUT2D eigenvalue weighted by molar-refractivity contribution is -0.194. The summed E-state index contributed by atoms with van der Waals surface area (Å²) in [6, 6.07) is 0. The summed E-state index contributed by atoms with van der Waals surface area (Å²) in [4.78, 5) is 4.70. The predicted octanol–water partition coefficient (Wildman–Crippen LogP) is 2.58. The van der Waals surface area contributed by atoms with Gasteiger partial charge in [-0.1, -0.05) is 5.16 Å². The zero-order chi connectivity index (χ0) is 14.5. The van der Waals surface area contributed by atoms with E-state index in [1.54, 1.807) is 7.11 Å². The van der Waals surface area contributed by atoms with Crippen molar-refractivity contribution in [1.82, 2.24) is 10.1 Å². The van der Waals surface area contributed by atoms with Crippen molar-refractivity contribution in [3.63, 3.8) is 0 Å². The van der Waals surface area contributed by atoms with E-state index in [2.05, 4.69) is 5.16 Å². The fourth-order valence-electron chi connectivity index (χ4n) is 4.29. The lowest BCUT2D eigenvalue weighted by Crippen LogP contribution is -2.50. The predicted molar refractivity (Wildman–Crippen MR) is 75.6 cm³/mol. The molecule has 0 amide bonds. The van der Waals surface area contributed by atoms with Crippen LogP contribution < -0.4 is 0 Å². The highest BCUT2D eigenvalue weighted by Crippen LogP contribution is 2.58. The summed E-state index contributed by atoms with van der Waals surface area (Å²) >= 11 is 0. The van der Waals surface area contributed by atoms with Crippen molar-refractivity contribution in [3.05, 3.63) is 11.7 Å². The Bertz CT molecular complexity index is 499. The van der Waals surface area contributed by atoms with Crippen molar-refractivity contribution in [3.8, 4) is 0 Å². The molecule has 0 aromatic carbocycles.